The van der Waals surface area contributed by atoms with E-state index < -0.39 is 0 Å². The third-order valence-electron chi connectivity index (χ3n) is 5.38. The Labute approximate surface area is 128 Å². The Balaban J connectivity index is 1.72. The van der Waals surface area contributed by atoms with Gasteiger partial charge in [0.15, 0.2) is 0 Å². The molecule has 1 aromatic heterocycles. The van der Waals surface area contributed by atoms with Crippen LogP contribution in [0.15, 0.2) is 6.07 Å². The van der Waals surface area contributed by atoms with Crippen LogP contribution in [0.4, 0.5) is 0 Å². The van der Waals surface area contributed by atoms with Crippen molar-refractivity contribution < 1.29 is 5.11 Å². The van der Waals surface area contributed by atoms with Gasteiger partial charge < -0.3 is 5.11 Å². The topological polar surface area (TPSA) is 41.3 Å². The Morgan fingerprint density at radius 1 is 1.24 bits per heavy atom. The Hall–Kier alpha value is -0.870. The van der Waals surface area contributed by atoms with Gasteiger partial charge in [-0.25, -0.2) is 0 Å². The molecule has 0 spiro atoms. The zero-order valence-electron chi connectivity index (χ0n) is 13.5. The zero-order valence-corrected chi connectivity index (χ0v) is 13.5. The third-order valence-corrected chi connectivity index (χ3v) is 5.38. The predicted octanol–water partition coefficient (Wildman–Crippen LogP) is 2.59. The van der Waals surface area contributed by atoms with Crippen LogP contribution in [0.1, 0.15) is 57.3 Å². The molecule has 0 bridgehead atoms. The Kier molecular flexibility index (Phi) is 4.65. The van der Waals surface area contributed by atoms with Crippen molar-refractivity contribution in [2.75, 3.05) is 6.54 Å². The van der Waals surface area contributed by atoms with Crippen molar-refractivity contribution in [2.45, 2.75) is 77.6 Å². The lowest BCUT2D eigenvalue weighted by Crippen LogP contribution is -2.38. The van der Waals surface area contributed by atoms with Gasteiger partial charge in [0.25, 0.3) is 0 Å². The van der Waals surface area contributed by atoms with Crippen LogP contribution in [-0.4, -0.2) is 38.5 Å². The van der Waals surface area contributed by atoms with Crippen molar-refractivity contribution in [3.8, 4) is 0 Å². The van der Waals surface area contributed by atoms with Crippen LogP contribution >= 0.6 is 0 Å². The largest absolute Gasteiger partial charge is 0.393 e. The smallest absolute Gasteiger partial charge is 0.0625 e. The van der Waals surface area contributed by atoms with E-state index in [0.717, 1.165) is 25.9 Å². The number of aliphatic hydroxyl groups is 1. The highest BCUT2D eigenvalue weighted by molar-refractivity contribution is 5.11. The van der Waals surface area contributed by atoms with E-state index in [-0.39, 0.29) is 6.10 Å². The minimum Gasteiger partial charge on any atom is -0.393 e. The average molecular weight is 291 g/mol. The fourth-order valence-electron chi connectivity index (χ4n) is 4.25. The molecule has 0 amide bonds. The molecule has 3 atom stereocenters. The Bertz CT molecular complexity index is 471. The summed E-state index contributed by atoms with van der Waals surface area (Å²) in [7, 11) is 0. The zero-order chi connectivity index (χ0) is 14.8. The molecule has 2 heterocycles. The second-order valence-corrected chi connectivity index (χ2v) is 6.64. The van der Waals surface area contributed by atoms with Gasteiger partial charge in [-0.2, -0.15) is 5.10 Å². The van der Waals surface area contributed by atoms with E-state index in [2.05, 4.69) is 34.6 Å². The first kappa shape index (κ1) is 15.0. The van der Waals surface area contributed by atoms with Gasteiger partial charge in [0.2, 0.25) is 0 Å². The van der Waals surface area contributed by atoms with Crippen LogP contribution in [-0.2, 0) is 19.5 Å². The molecule has 1 N–H and O–H groups in total. The summed E-state index contributed by atoms with van der Waals surface area (Å²) < 4.78 is 2.15. The molecule has 1 aliphatic carbocycles. The first-order valence-electron chi connectivity index (χ1n) is 8.70. The van der Waals surface area contributed by atoms with Crippen molar-refractivity contribution in [1.82, 2.24) is 14.7 Å². The lowest BCUT2D eigenvalue weighted by Gasteiger charge is -2.31. The molecular weight excluding hydrogens is 262 g/mol. The molecule has 1 saturated heterocycles. The summed E-state index contributed by atoms with van der Waals surface area (Å²) in [6.07, 6.45) is 6.86. The van der Waals surface area contributed by atoms with E-state index in [0.29, 0.717) is 12.0 Å². The number of likely N-dealkylation sites (tertiary alicyclic amines) is 1. The van der Waals surface area contributed by atoms with Gasteiger partial charge in [-0.05, 0) is 51.6 Å². The third kappa shape index (κ3) is 3.02. The molecular formula is C17H29N3O. The second kappa shape index (κ2) is 6.49. The van der Waals surface area contributed by atoms with Gasteiger partial charge in [-0.15, -0.1) is 0 Å². The number of hydrogen-bond acceptors (Lipinski definition) is 3. The quantitative estimate of drug-likeness (QED) is 0.906. The number of aryl methyl sites for hydroxylation is 2. The minimum absolute atomic E-state index is 0.0714. The van der Waals surface area contributed by atoms with E-state index in [1.807, 2.05) is 0 Å². The molecule has 21 heavy (non-hydrogen) atoms. The average Bonchev–Trinajstić information content (AvgIpc) is 3.18. The Morgan fingerprint density at radius 2 is 2.10 bits per heavy atom. The highest BCUT2D eigenvalue weighted by Crippen LogP contribution is 2.36. The summed E-state index contributed by atoms with van der Waals surface area (Å²) in [6.45, 7) is 7.44. The van der Waals surface area contributed by atoms with Gasteiger partial charge in [0.1, 0.15) is 0 Å². The molecule has 2 aliphatic rings. The van der Waals surface area contributed by atoms with Gasteiger partial charge in [-0.3, -0.25) is 9.58 Å². The molecule has 4 nitrogen and oxygen atoms in total. The molecule has 118 valence electrons. The van der Waals surface area contributed by atoms with Crippen LogP contribution in [0.2, 0.25) is 0 Å². The predicted molar refractivity (Wildman–Crippen MR) is 84.1 cm³/mol. The first-order chi connectivity index (χ1) is 10.2. The standard InChI is InChI=1S/C17H29N3O/c1-3-13-11-14(20(4-2)18-13)12-19-10-6-8-16(19)15-7-5-9-17(15)21/h11,15-17,21H,3-10,12H2,1-2H3. The lowest BCUT2D eigenvalue weighted by molar-refractivity contribution is 0.0708. The first-order valence-corrected chi connectivity index (χ1v) is 8.70. The van der Waals surface area contributed by atoms with Crippen LogP contribution in [0.5, 0.6) is 0 Å². The number of hydrogen-bond donors (Lipinski definition) is 1. The minimum atomic E-state index is -0.0714. The molecule has 1 aliphatic heterocycles. The summed E-state index contributed by atoms with van der Waals surface area (Å²) >= 11 is 0. The summed E-state index contributed by atoms with van der Waals surface area (Å²) in [6, 6.07) is 2.84. The van der Waals surface area contributed by atoms with Crippen molar-refractivity contribution in [3.63, 3.8) is 0 Å². The SMILES string of the molecule is CCc1cc(CN2CCCC2C2CCCC2O)n(CC)n1. The van der Waals surface area contributed by atoms with E-state index >= 15 is 0 Å². The molecule has 1 aromatic rings. The molecule has 2 fully saturated rings. The maximum Gasteiger partial charge on any atom is 0.0625 e. The normalized spacial score (nSPS) is 30.3. The fourth-order valence-corrected chi connectivity index (χ4v) is 4.25. The summed E-state index contributed by atoms with van der Waals surface area (Å²) in [5.74, 6) is 0.496. The molecule has 3 unspecified atom stereocenters. The van der Waals surface area contributed by atoms with Gasteiger partial charge in [0.05, 0.1) is 17.5 Å². The molecule has 3 rings (SSSR count). The molecule has 0 aromatic carbocycles. The van der Waals surface area contributed by atoms with E-state index in [4.69, 9.17) is 0 Å². The highest BCUT2D eigenvalue weighted by Gasteiger charge is 2.38. The molecule has 4 heteroatoms. The van der Waals surface area contributed by atoms with Crippen molar-refractivity contribution in [1.29, 1.82) is 0 Å². The summed E-state index contributed by atoms with van der Waals surface area (Å²) in [4.78, 5) is 2.60. The number of aromatic nitrogens is 2. The van der Waals surface area contributed by atoms with Crippen LogP contribution < -0.4 is 0 Å². The van der Waals surface area contributed by atoms with Gasteiger partial charge in [0, 0.05) is 25.0 Å². The van der Waals surface area contributed by atoms with E-state index in [9.17, 15) is 5.11 Å². The fraction of sp³-hybridized carbons (Fsp3) is 0.824. The van der Waals surface area contributed by atoms with Crippen LogP contribution in [0.3, 0.4) is 0 Å². The van der Waals surface area contributed by atoms with Crippen LogP contribution in [0, 0.1) is 5.92 Å². The molecule has 0 radical (unpaired) electrons. The second-order valence-electron chi connectivity index (χ2n) is 6.64. The monoisotopic (exact) mass is 291 g/mol. The van der Waals surface area contributed by atoms with Gasteiger partial charge in [-0.1, -0.05) is 13.3 Å². The van der Waals surface area contributed by atoms with Crippen LogP contribution in [0.25, 0.3) is 0 Å². The number of rotatable bonds is 5. The number of nitrogens with zero attached hydrogens (tertiary/aromatic N) is 3. The maximum atomic E-state index is 10.2. The lowest BCUT2D eigenvalue weighted by atomic mass is 9.94. The van der Waals surface area contributed by atoms with Gasteiger partial charge >= 0.3 is 0 Å². The van der Waals surface area contributed by atoms with Crippen molar-refractivity contribution >= 4 is 0 Å². The molecule has 1 saturated carbocycles. The van der Waals surface area contributed by atoms with E-state index in [1.165, 1.54) is 43.6 Å². The van der Waals surface area contributed by atoms with E-state index in [1.54, 1.807) is 0 Å². The maximum absolute atomic E-state index is 10.2. The summed E-state index contributed by atoms with van der Waals surface area (Å²) in [5.41, 5.74) is 2.54. The number of aliphatic hydroxyl groups excluding tert-OH is 1. The Morgan fingerprint density at radius 3 is 2.76 bits per heavy atom. The van der Waals surface area contributed by atoms with Crippen molar-refractivity contribution in [3.05, 3.63) is 17.5 Å². The highest BCUT2D eigenvalue weighted by atomic mass is 16.3. The summed E-state index contributed by atoms with van der Waals surface area (Å²) in [5, 5.41) is 14.9. The van der Waals surface area contributed by atoms with Crippen molar-refractivity contribution in [2.24, 2.45) is 5.92 Å².